The van der Waals surface area contributed by atoms with Crippen molar-refractivity contribution < 1.29 is 9.53 Å². The van der Waals surface area contributed by atoms with Crippen LogP contribution in [0.25, 0.3) is 0 Å². The maximum absolute atomic E-state index is 11.8. The van der Waals surface area contributed by atoms with Gasteiger partial charge in [-0.25, -0.2) is 0 Å². The number of hydrogen-bond donors (Lipinski definition) is 1. The third kappa shape index (κ3) is 2.62. The minimum Gasteiger partial charge on any atom is -0.465 e. The second-order valence-electron chi connectivity index (χ2n) is 4.45. The summed E-state index contributed by atoms with van der Waals surface area (Å²) < 4.78 is 5.33. The van der Waals surface area contributed by atoms with E-state index in [0.717, 1.165) is 25.9 Å². The monoisotopic (exact) mass is 239 g/mol. The molecule has 1 saturated heterocycles. The average molecular weight is 239 g/mol. The fraction of sp³-hybridized carbons (Fsp3) is 0.583. The maximum Gasteiger partial charge on any atom is 0.313 e. The highest BCUT2D eigenvalue weighted by molar-refractivity contribution is 7.09. The molecule has 1 N–H and O–H groups in total. The van der Waals surface area contributed by atoms with Crippen molar-refractivity contribution in [2.45, 2.75) is 19.8 Å². The van der Waals surface area contributed by atoms with Gasteiger partial charge in [-0.05, 0) is 31.3 Å². The molecule has 16 heavy (non-hydrogen) atoms. The summed E-state index contributed by atoms with van der Waals surface area (Å²) in [5.41, 5.74) is -0.310. The van der Waals surface area contributed by atoms with Gasteiger partial charge >= 0.3 is 5.97 Å². The van der Waals surface area contributed by atoms with E-state index < -0.39 is 0 Å². The van der Waals surface area contributed by atoms with Crippen LogP contribution in [0.5, 0.6) is 0 Å². The summed E-state index contributed by atoms with van der Waals surface area (Å²) in [6.45, 7) is 4.12. The van der Waals surface area contributed by atoms with Crippen LogP contribution in [0.4, 0.5) is 0 Å². The van der Waals surface area contributed by atoms with Crippen molar-refractivity contribution in [1.29, 1.82) is 0 Å². The number of hydrogen-bond acceptors (Lipinski definition) is 4. The molecule has 88 valence electrons. The van der Waals surface area contributed by atoms with Crippen LogP contribution in [0, 0.1) is 5.41 Å². The van der Waals surface area contributed by atoms with Crippen LogP contribution in [0.2, 0.25) is 0 Å². The van der Waals surface area contributed by atoms with Crippen molar-refractivity contribution in [2.24, 2.45) is 5.41 Å². The lowest BCUT2D eigenvalue weighted by molar-refractivity contribution is -0.153. The van der Waals surface area contributed by atoms with Crippen molar-refractivity contribution in [1.82, 2.24) is 5.32 Å². The number of rotatable bonds is 4. The zero-order valence-electron chi connectivity index (χ0n) is 9.49. The molecule has 2 rings (SSSR count). The van der Waals surface area contributed by atoms with E-state index in [-0.39, 0.29) is 11.4 Å². The topological polar surface area (TPSA) is 38.3 Å². The van der Waals surface area contributed by atoms with Crippen LogP contribution in [0.15, 0.2) is 17.5 Å². The molecule has 3 nitrogen and oxygen atoms in total. The van der Waals surface area contributed by atoms with Gasteiger partial charge in [-0.2, -0.15) is 0 Å². The fourth-order valence-corrected chi connectivity index (χ4v) is 2.55. The van der Waals surface area contributed by atoms with Crippen molar-refractivity contribution >= 4 is 17.3 Å². The molecule has 1 aliphatic rings. The van der Waals surface area contributed by atoms with Gasteiger partial charge in [-0.15, -0.1) is 11.3 Å². The van der Waals surface area contributed by atoms with Crippen LogP contribution in [0.3, 0.4) is 0 Å². The zero-order chi connectivity index (χ0) is 11.4. The summed E-state index contributed by atoms with van der Waals surface area (Å²) in [5.74, 6) is -0.0611. The molecule has 0 saturated carbocycles. The minimum absolute atomic E-state index is 0.0611. The van der Waals surface area contributed by atoms with Crippen LogP contribution in [-0.4, -0.2) is 25.7 Å². The molecule has 1 aliphatic heterocycles. The van der Waals surface area contributed by atoms with Gasteiger partial charge in [0.1, 0.15) is 0 Å². The molecule has 0 amide bonds. The first-order chi connectivity index (χ1) is 7.71. The molecule has 1 aromatic heterocycles. The summed E-state index contributed by atoms with van der Waals surface area (Å²) in [6.07, 6.45) is 1.71. The van der Waals surface area contributed by atoms with E-state index >= 15 is 0 Å². The van der Waals surface area contributed by atoms with Crippen molar-refractivity contribution in [3.05, 3.63) is 22.4 Å². The summed E-state index contributed by atoms with van der Waals surface area (Å²) in [7, 11) is 0. The lowest BCUT2D eigenvalue weighted by Crippen LogP contribution is -2.32. The normalized spacial score (nSPS) is 24.6. The predicted octanol–water partition coefficient (Wildman–Crippen LogP) is 1.83. The quantitative estimate of drug-likeness (QED) is 0.815. The fourth-order valence-electron chi connectivity index (χ4n) is 1.86. The van der Waals surface area contributed by atoms with E-state index in [1.807, 2.05) is 18.4 Å². The number of thiophene rings is 1. The van der Waals surface area contributed by atoms with Crippen molar-refractivity contribution in [3.8, 4) is 0 Å². The molecule has 1 aromatic rings. The third-order valence-corrected chi connectivity index (χ3v) is 3.96. The van der Waals surface area contributed by atoms with Gasteiger partial charge in [0.15, 0.2) is 0 Å². The second kappa shape index (κ2) is 4.97. The average Bonchev–Trinajstić information content (AvgIpc) is 2.90. The van der Waals surface area contributed by atoms with Crippen molar-refractivity contribution in [2.75, 3.05) is 19.7 Å². The second-order valence-corrected chi connectivity index (χ2v) is 5.48. The molecular weight excluding hydrogens is 222 g/mol. The van der Waals surface area contributed by atoms with E-state index in [9.17, 15) is 4.79 Å². The van der Waals surface area contributed by atoms with Gasteiger partial charge in [-0.3, -0.25) is 4.79 Å². The summed E-state index contributed by atoms with van der Waals surface area (Å²) in [5, 5.41) is 5.24. The SMILES string of the molecule is CC1(C(=O)OCCc2cccs2)CCNC1. The number of nitrogens with one attached hydrogen (secondary N) is 1. The summed E-state index contributed by atoms with van der Waals surface area (Å²) in [4.78, 5) is 13.1. The Hall–Kier alpha value is -0.870. The highest BCUT2D eigenvalue weighted by atomic mass is 32.1. The Morgan fingerprint density at radius 1 is 1.69 bits per heavy atom. The molecule has 0 radical (unpaired) electrons. The first-order valence-corrected chi connectivity index (χ1v) is 6.49. The van der Waals surface area contributed by atoms with E-state index in [2.05, 4.69) is 11.4 Å². The van der Waals surface area contributed by atoms with Gasteiger partial charge in [-0.1, -0.05) is 6.07 Å². The Morgan fingerprint density at radius 2 is 2.56 bits per heavy atom. The maximum atomic E-state index is 11.8. The number of esters is 1. The molecule has 0 aromatic carbocycles. The Labute approximate surface area is 99.8 Å². The molecule has 0 aliphatic carbocycles. The van der Waals surface area contributed by atoms with Crippen LogP contribution < -0.4 is 5.32 Å². The van der Waals surface area contributed by atoms with E-state index in [0.29, 0.717) is 6.61 Å². The Morgan fingerprint density at radius 3 is 3.19 bits per heavy atom. The van der Waals surface area contributed by atoms with Crippen LogP contribution >= 0.6 is 11.3 Å². The number of carbonyl (C=O) groups excluding carboxylic acids is 1. The predicted molar refractivity (Wildman–Crippen MR) is 64.6 cm³/mol. The highest BCUT2D eigenvalue weighted by Gasteiger charge is 2.37. The third-order valence-electron chi connectivity index (χ3n) is 3.02. The molecule has 4 heteroatoms. The summed E-state index contributed by atoms with van der Waals surface area (Å²) in [6, 6.07) is 4.08. The van der Waals surface area contributed by atoms with Gasteiger partial charge in [0.05, 0.1) is 12.0 Å². The smallest absolute Gasteiger partial charge is 0.313 e. The Kier molecular flexibility index (Phi) is 3.61. The van der Waals surface area contributed by atoms with Crippen molar-refractivity contribution in [3.63, 3.8) is 0 Å². The Bertz CT molecular complexity index is 342. The molecule has 0 bridgehead atoms. The lowest BCUT2D eigenvalue weighted by Gasteiger charge is -2.20. The standard InChI is InChI=1S/C12H17NO2S/c1-12(5-6-13-9-12)11(14)15-7-4-10-3-2-8-16-10/h2-3,8,13H,4-7,9H2,1H3. The zero-order valence-corrected chi connectivity index (χ0v) is 10.3. The Balaban J connectivity index is 1.75. The molecule has 2 heterocycles. The molecule has 1 atom stereocenters. The molecule has 0 spiro atoms. The van der Waals surface area contributed by atoms with Gasteiger partial charge in [0.25, 0.3) is 0 Å². The number of ether oxygens (including phenoxy) is 1. The first-order valence-electron chi connectivity index (χ1n) is 5.61. The largest absolute Gasteiger partial charge is 0.465 e. The van der Waals surface area contributed by atoms with E-state index in [1.165, 1.54) is 4.88 Å². The first kappa shape index (κ1) is 11.6. The summed E-state index contributed by atoms with van der Waals surface area (Å²) >= 11 is 1.70. The molecule has 1 fully saturated rings. The van der Waals surface area contributed by atoms with E-state index in [4.69, 9.17) is 4.74 Å². The lowest BCUT2D eigenvalue weighted by atomic mass is 9.90. The van der Waals surface area contributed by atoms with Crippen LogP contribution in [-0.2, 0) is 16.0 Å². The minimum atomic E-state index is -0.310. The number of carbonyl (C=O) groups is 1. The van der Waals surface area contributed by atoms with Gasteiger partial charge in [0, 0.05) is 17.8 Å². The van der Waals surface area contributed by atoms with E-state index in [1.54, 1.807) is 11.3 Å². The van der Waals surface area contributed by atoms with Gasteiger partial charge < -0.3 is 10.1 Å². The van der Waals surface area contributed by atoms with Crippen LogP contribution in [0.1, 0.15) is 18.2 Å². The molecule has 1 unspecified atom stereocenters. The van der Waals surface area contributed by atoms with Gasteiger partial charge in [0.2, 0.25) is 0 Å². The highest BCUT2D eigenvalue weighted by Crippen LogP contribution is 2.26. The molecular formula is C12H17NO2S.